The van der Waals surface area contributed by atoms with Gasteiger partial charge in [0.2, 0.25) is 5.91 Å². The smallest absolute Gasteiger partial charge is 0.293 e. The molecule has 20 heavy (non-hydrogen) atoms. The number of nitrogens with zero attached hydrogens (tertiary/aromatic N) is 1. The molecular weight excluding hydrogens is 258 g/mol. The van der Waals surface area contributed by atoms with Crippen molar-refractivity contribution >= 4 is 17.3 Å². The van der Waals surface area contributed by atoms with Gasteiger partial charge < -0.3 is 11.1 Å². The molecule has 0 aliphatic carbocycles. The maximum atomic E-state index is 12.1. The highest BCUT2D eigenvalue weighted by Gasteiger charge is 2.29. The number of carbonyl (C=O) groups is 1. The Morgan fingerprint density at radius 1 is 1.30 bits per heavy atom. The Labute approximate surface area is 118 Å². The number of nitro benzene ring substituents is 1. The van der Waals surface area contributed by atoms with Crippen LogP contribution in [0.25, 0.3) is 0 Å². The van der Waals surface area contributed by atoms with Crippen LogP contribution < -0.4 is 11.1 Å². The third kappa shape index (κ3) is 3.54. The van der Waals surface area contributed by atoms with Gasteiger partial charge in [0.05, 0.1) is 11.0 Å². The number of nitro groups is 1. The van der Waals surface area contributed by atoms with Gasteiger partial charge in [-0.2, -0.15) is 0 Å². The van der Waals surface area contributed by atoms with E-state index in [0.29, 0.717) is 0 Å². The summed E-state index contributed by atoms with van der Waals surface area (Å²) in [7, 11) is 0. The summed E-state index contributed by atoms with van der Waals surface area (Å²) >= 11 is 0. The monoisotopic (exact) mass is 279 g/mol. The second kappa shape index (κ2) is 5.58. The van der Waals surface area contributed by atoms with E-state index in [-0.39, 0.29) is 11.4 Å². The van der Waals surface area contributed by atoms with Gasteiger partial charge in [-0.3, -0.25) is 14.9 Å². The minimum absolute atomic E-state index is 0.123. The molecule has 6 nitrogen and oxygen atoms in total. The van der Waals surface area contributed by atoms with Crippen molar-refractivity contribution in [2.45, 2.75) is 40.7 Å². The molecule has 1 aromatic carbocycles. The van der Waals surface area contributed by atoms with E-state index in [1.807, 2.05) is 27.7 Å². The Bertz CT molecular complexity index is 547. The lowest BCUT2D eigenvalue weighted by molar-refractivity contribution is -0.384. The fourth-order valence-corrected chi connectivity index (χ4v) is 1.66. The largest absolute Gasteiger partial charge is 0.319 e. The van der Waals surface area contributed by atoms with Gasteiger partial charge in [0.15, 0.2) is 0 Å². The number of nitrogens with two attached hydrogens (primary N) is 1. The first-order chi connectivity index (χ1) is 9.04. The minimum atomic E-state index is -0.747. The molecular formula is C14H21N3O3. The molecule has 3 N–H and O–H groups in total. The lowest BCUT2D eigenvalue weighted by Crippen LogP contribution is -2.45. The summed E-state index contributed by atoms with van der Waals surface area (Å²) in [5.74, 6) is -0.427. The van der Waals surface area contributed by atoms with Gasteiger partial charge in [-0.25, -0.2) is 0 Å². The maximum Gasteiger partial charge on any atom is 0.293 e. The van der Waals surface area contributed by atoms with Crippen LogP contribution in [0.4, 0.5) is 11.4 Å². The van der Waals surface area contributed by atoms with Gasteiger partial charge in [0.25, 0.3) is 5.69 Å². The highest BCUT2D eigenvalue weighted by molar-refractivity contribution is 5.97. The number of hydrogen-bond donors (Lipinski definition) is 2. The van der Waals surface area contributed by atoms with E-state index >= 15 is 0 Å². The molecule has 6 heteroatoms. The van der Waals surface area contributed by atoms with E-state index in [9.17, 15) is 14.9 Å². The lowest BCUT2D eigenvalue weighted by Gasteiger charge is -2.25. The first kappa shape index (κ1) is 16.1. The number of aryl methyl sites for hydroxylation is 2. The predicted molar refractivity (Wildman–Crippen MR) is 78.6 cm³/mol. The van der Waals surface area contributed by atoms with Crippen LogP contribution in [0.2, 0.25) is 0 Å². The fourth-order valence-electron chi connectivity index (χ4n) is 1.66. The van der Waals surface area contributed by atoms with E-state index in [2.05, 4.69) is 5.32 Å². The van der Waals surface area contributed by atoms with E-state index in [4.69, 9.17) is 5.73 Å². The number of nitrogens with one attached hydrogen (secondary N) is 1. The van der Waals surface area contributed by atoms with Crippen molar-refractivity contribution in [3.63, 3.8) is 0 Å². The molecule has 0 aromatic heterocycles. The summed E-state index contributed by atoms with van der Waals surface area (Å²) in [6, 6.07) is 2.30. The van der Waals surface area contributed by atoms with Crippen LogP contribution >= 0.6 is 0 Å². The summed E-state index contributed by atoms with van der Waals surface area (Å²) in [5.41, 5.74) is 7.17. The Morgan fingerprint density at radius 3 is 2.25 bits per heavy atom. The zero-order valence-corrected chi connectivity index (χ0v) is 12.5. The molecule has 0 fully saturated rings. The summed E-state index contributed by atoms with van der Waals surface area (Å²) < 4.78 is 0. The maximum absolute atomic E-state index is 12.1. The Balaban J connectivity index is 3.12. The summed E-state index contributed by atoms with van der Waals surface area (Å²) in [6.07, 6.45) is 0. The molecule has 1 aromatic rings. The summed E-state index contributed by atoms with van der Waals surface area (Å²) in [6.45, 7) is 9.14. The molecule has 0 bridgehead atoms. The zero-order chi connectivity index (χ0) is 15.7. The highest BCUT2D eigenvalue weighted by atomic mass is 16.6. The van der Waals surface area contributed by atoms with Gasteiger partial charge in [0, 0.05) is 6.07 Å². The van der Waals surface area contributed by atoms with Crippen molar-refractivity contribution < 1.29 is 9.72 Å². The van der Waals surface area contributed by atoms with Crippen molar-refractivity contribution in [3.05, 3.63) is 33.4 Å². The van der Waals surface area contributed by atoms with Gasteiger partial charge in [-0.1, -0.05) is 20.8 Å². The molecule has 0 saturated carbocycles. The molecule has 1 atom stereocenters. The number of benzene rings is 1. The highest BCUT2D eigenvalue weighted by Crippen LogP contribution is 2.29. The predicted octanol–water partition coefficient (Wildman–Crippen LogP) is 2.52. The third-order valence-electron chi connectivity index (χ3n) is 3.28. The topological polar surface area (TPSA) is 98.3 Å². The lowest BCUT2D eigenvalue weighted by atomic mass is 9.87. The van der Waals surface area contributed by atoms with Crippen LogP contribution in [-0.2, 0) is 4.79 Å². The average molecular weight is 279 g/mol. The molecule has 0 heterocycles. The van der Waals surface area contributed by atoms with Gasteiger partial charge in [0.1, 0.15) is 5.69 Å². The van der Waals surface area contributed by atoms with Gasteiger partial charge >= 0.3 is 0 Å². The summed E-state index contributed by atoms with van der Waals surface area (Å²) in [5, 5.41) is 13.6. The molecule has 0 unspecified atom stereocenters. The van der Waals surface area contributed by atoms with E-state index in [0.717, 1.165) is 11.1 Å². The van der Waals surface area contributed by atoms with Crippen molar-refractivity contribution in [1.82, 2.24) is 0 Å². The first-order valence-corrected chi connectivity index (χ1v) is 6.36. The van der Waals surface area contributed by atoms with Crippen LogP contribution in [0.3, 0.4) is 0 Å². The molecule has 1 rings (SSSR count). The standard InChI is InChI=1S/C14H21N3O3/c1-8-6-10(11(17(19)20)7-9(8)2)16-13(18)12(15)14(3,4)5/h6-7,12H,15H2,1-5H3,(H,16,18)/t12-/m0/s1. The van der Waals surface area contributed by atoms with Gasteiger partial charge in [-0.15, -0.1) is 0 Å². The third-order valence-corrected chi connectivity index (χ3v) is 3.28. The number of hydrogen-bond acceptors (Lipinski definition) is 4. The second-order valence-electron chi connectivity index (χ2n) is 6.04. The van der Waals surface area contributed by atoms with Crippen LogP contribution in [0.1, 0.15) is 31.9 Å². The van der Waals surface area contributed by atoms with Crippen LogP contribution in [0, 0.1) is 29.4 Å². The Kier molecular flexibility index (Phi) is 4.50. The SMILES string of the molecule is Cc1cc(NC(=O)[C@H](N)C(C)(C)C)c([N+](=O)[O-])cc1C. The van der Waals surface area contributed by atoms with Crippen molar-refractivity contribution in [2.75, 3.05) is 5.32 Å². The number of carbonyl (C=O) groups excluding carboxylic acids is 1. The van der Waals surface area contributed by atoms with Crippen molar-refractivity contribution in [1.29, 1.82) is 0 Å². The molecule has 1 amide bonds. The molecule has 0 aliphatic heterocycles. The quantitative estimate of drug-likeness (QED) is 0.656. The normalized spacial score (nSPS) is 12.9. The Hall–Kier alpha value is -1.95. The Morgan fingerprint density at radius 2 is 1.80 bits per heavy atom. The second-order valence-corrected chi connectivity index (χ2v) is 6.04. The van der Waals surface area contributed by atoms with E-state index < -0.39 is 22.3 Å². The molecule has 0 spiro atoms. The molecule has 0 aliphatic rings. The molecule has 0 saturated heterocycles. The minimum Gasteiger partial charge on any atom is -0.319 e. The number of amides is 1. The van der Waals surface area contributed by atoms with Gasteiger partial charge in [-0.05, 0) is 36.5 Å². The zero-order valence-electron chi connectivity index (χ0n) is 12.5. The molecule has 110 valence electrons. The van der Waals surface area contributed by atoms with Crippen LogP contribution in [0.15, 0.2) is 12.1 Å². The van der Waals surface area contributed by atoms with Crippen molar-refractivity contribution in [2.24, 2.45) is 11.1 Å². The fraction of sp³-hybridized carbons (Fsp3) is 0.500. The average Bonchev–Trinajstić information content (AvgIpc) is 2.30. The molecule has 0 radical (unpaired) electrons. The van der Waals surface area contributed by atoms with Crippen LogP contribution in [-0.4, -0.2) is 16.9 Å². The van der Waals surface area contributed by atoms with Crippen molar-refractivity contribution in [3.8, 4) is 0 Å². The summed E-state index contributed by atoms with van der Waals surface area (Å²) in [4.78, 5) is 22.6. The first-order valence-electron chi connectivity index (χ1n) is 6.36. The number of rotatable bonds is 3. The van der Waals surface area contributed by atoms with Crippen LogP contribution in [0.5, 0.6) is 0 Å². The number of anilines is 1. The van der Waals surface area contributed by atoms with E-state index in [1.54, 1.807) is 13.0 Å². The van der Waals surface area contributed by atoms with E-state index in [1.165, 1.54) is 6.07 Å².